The number of amides is 1. The Kier molecular flexibility index (Phi) is 8.29. The molecule has 0 unspecified atom stereocenters. The van der Waals surface area contributed by atoms with E-state index in [9.17, 15) is 4.79 Å². The summed E-state index contributed by atoms with van der Waals surface area (Å²) in [6.45, 7) is 13.7. The van der Waals surface area contributed by atoms with Crippen molar-refractivity contribution in [2.24, 2.45) is 5.73 Å². The number of hydrogen-bond acceptors (Lipinski definition) is 5. The minimum atomic E-state index is -2.00. The molecule has 0 aliphatic heterocycles. The Hall–Kier alpha value is -2.13. The van der Waals surface area contributed by atoms with Crippen molar-refractivity contribution < 1.29 is 14.0 Å². The molecule has 3 rings (SSSR count). The highest BCUT2D eigenvalue weighted by Crippen LogP contribution is 2.39. The van der Waals surface area contributed by atoms with Gasteiger partial charge >= 0.3 is 0 Å². The van der Waals surface area contributed by atoms with E-state index in [1.54, 1.807) is 23.9 Å². The van der Waals surface area contributed by atoms with Crippen molar-refractivity contribution in [2.45, 2.75) is 64.4 Å². The molecule has 9 heteroatoms. The average Bonchev–Trinajstić information content (AvgIpc) is 3.40. The topological polar surface area (TPSA) is 79.4 Å². The summed E-state index contributed by atoms with van der Waals surface area (Å²) in [6, 6.07) is 11.8. The van der Waals surface area contributed by atoms with Gasteiger partial charge in [0.05, 0.1) is 29.4 Å². The molecule has 0 bridgehead atoms. The van der Waals surface area contributed by atoms with Gasteiger partial charge in [-0.25, -0.2) is 4.98 Å². The van der Waals surface area contributed by atoms with Gasteiger partial charge in [-0.15, -0.1) is 11.3 Å². The van der Waals surface area contributed by atoms with E-state index in [1.807, 2.05) is 41.0 Å². The number of imidazole rings is 1. The minimum Gasteiger partial charge on any atom is -0.493 e. The van der Waals surface area contributed by atoms with E-state index >= 15 is 0 Å². The first-order valence-electron chi connectivity index (χ1n) is 11.4. The quantitative estimate of drug-likeness (QED) is 0.299. The van der Waals surface area contributed by atoms with Crippen LogP contribution in [0.4, 0.5) is 0 Å². The van der Waals surface area contributed by atoms with Crippen LogP contribution in [-0.2, 0) is 4.43 Å². The van der Waals surface area contributed by atoms with E-state index in [-0.39, 0.29) is 22.9 Å². The normalized spacial score (nSPS) is 14.1. The van der Waals surface area contributed by atoms with Gasteiger partial charge < -0.3 is 19.5 Å². The average molecular weight is 520 g/mol. The van der Waals surface area contributed by atoms with Gasteiger partial charge in [-0.2, -0.15) is 0 Å². The van der Waals surface area contributed by atoms with Crippen LogP contribution >= 0.6 is 22.9 Å². The molecule has 1 amide bonds. The van der Waals surface area contributed by atoms with Crippen LogP contribution in [0.25, 0.3) is 10.4 Å². The van der Waals surface area contributed by atoms with Crippen LogP contribution in [0.2, 0.25) is 22.5 Å². The van der Waals surface area contributed by atoms with Gasteiger partial charge in [-0.05, 0) is 54.9 Å². The molecule has 3 aromatic rings. The maximum Gasteiger partial charge on any atom is 0.268 e. The van der Waals surface area contributed by atoms with Gasteiger partial charge in [0.25, 0.3) is 5.91 Å². The number of thiophene rings is 1. The zero-order valence-electron chi connectivity index (χ0n) is 20.7. The van der Waals surface area contributed by atoms with Crippen LogP contribution in [0, 0.1) is 0 Å². The standard InChI is InChI=1S/C25H34ClN3O3SSi/c1-17(32-34(5,6)25(2,3)4)21(29-15-20(24(27)30)28-16-29)12-13-31-19-9-7-8-18(14-19)22-10-11-23(26)33-22/h7-11,14-17,21H,12-13H2,1-6H3,(H2,27,30)/t17-,21+/m0/s1. The van der Waals surface area contributed by atoms with E-state index in [1.165, 1.54) is 0 Å². The molecule has 0 saturated carbocycles. The van der Waals surface area contributed by atoms with E-state index in [4.69, 9.17) is 26.5 Å². The zero-order valence-corrected chi connectivity index (χ0v) is 23.2. The zero-order chi connectivity index (χ0) is 25.1. The Bertz CT molecular complexity index is 1120. The van der Waals surface area contributed by atoms with Gasteiger partial charge in [0.1, 0.15) is 11.4 Å². The van der Waals surface area contributed by atoms with Crippen LogP contribution in [0.15, 0.2) is 48.9 Å². The summed E-state index contributed by atoms with van der Waals surface area (Å²) in [5.74, 6) is 0.249. The molecule has 2 aromatic heterocycles. The lowest BCUT2D eigenvalue weighted by atomic mass is 10.1. The molecule has 184 valence electrons. The highest BCUT2D eigenvalue weighted by Gasteiger charge is 2.40. The second-order valence-corrected chi connectivity index (χ2v) is 16.5. The third-order valence-corrected chi connectivity index (χ3v) is 12.3. The Labute approximate surface area is 212 Å². The van der Waals surface area contributed by atoms with Crippen LogP contribution in [-0.4, -0.2) is 36.5 Å². The molecule has 1 aromatic carbocycles. The van der Waals surface area contributed by atoms with Crippen LogP contribution in [0.1, 0.15) is 50.6 Å². The molecular weight excluding hydrogens is 486 g/mol. The van der Waals surface area contributed by atoms with Crippen molar-refractivity contribution in [3.63, 3.8) is 0 Å². The lowest BCUT2D eigenvalue weighted by Gasteiger charge is -2.40. The number of carbonyl (C=O) groups excluding carboxylic acids is 1. The molecular formula is C25H34ClN3O3SSi. The first-order chi connectivity index (χ1) is 15.9. The third kappa shape index (κ3) is 6.50. The Morgan fingerprint density at radius 3 is 2.59 bits per heavy atom. The Balaban J connectivity index is 1.74. The highest BCUT2D eigenvalue weighted by molar-refractivity contribution is 7.19. The maximum absolute atomic E-state index is 11.6. The number of primary amides is 1. The molecule has 2 N–H and O–H groups in total. The summed E-state index contributed by atoms with van der Waals surface area (Å²) in [7, 11) is -2.00. The first kappa shape index (κ1) is 26.5. The fourth-order valence-electron chi connectivity index (χ4n) is 3.50. The molecule has 2 atom stereocenters. The van der Waals surface area contributed by atoms with Gasteiger partial charge in [0.2, 0.25) is 0 Å². The predicted octanol–water partition coefficient (Wildman–Crippen LogP) is 6.78. The van der Waals surface area contributed by atoms with Crippen molar-refractivity contribution in [3.8, 4) is 16.2 Å². The number of hydrogen-bond donors (Lipinski definition) is 1. The Morgan fingerprint density at radius 1 is 1.26 bits per heavy atom. The summed E-state index contributed by atoms with van der Waals surface area (Å²) >= 11 is 7.63. The molecule has 0 aliphatic rings. The fraction of sp³-hybridized carbons (Fsp3) is 0.440. The number of nitrogens with two attached hydrogens (primary N) is 1. The molecule has 0 spiro atoms. The lowest BCUT2D eigenvalue weighted by molar-refractivity contribution is 0.0994. The van der Waals surface area contributed by atoms with Crippen LogP contribution in [0.3, 0.4) is 0 Å². The summed E-state index contributed by atoms with van der Waals surface area (Å²) in [5.41, 5.74) is 6.74. The summed E-state index contributed by atoms with van der Waals surface area (Å²) in [5, 5.41) is 0.0841. The number of benzene rings is 1. The number of halogens is 1. The number of nitrogens with zero attached hydrogens (tertiary/aromatic N) is 2. The van der Waals surface area contributed by atoms with Gasteiger partial charge in [0.15, 0.2) is 8.32 Å². The third-order valence-electron chi connectivity index (χ3n) is 6.44. The molecule has 34 heavy (non-hydrogen) atoms. The highest BCUT2D eigenvalue weighted by atomic mass is 35.5. The molecule has 0 saturated heterocycles. The van der Waals surface area contributed by atoms with Crippen LogP contribution < -0.4 is 10.5 Å². The number of aromatic nitrogens is 2. The predicted molar refractivity (Wildman–Crippen MR) is 142 cm³/mol. The maximum atomic E-state index is 11.6. The second kappa shape index (κ2) is 10.6. The Morgan fingerprint density at radius 2 is 2.00 bits per heavy atom. The number of rotatable bonds is 10. The SMILES string of the molecule is C[C@H](O[Si](C)(C)C(C)(C)C)[C@@H](CCOc1cccc(-c2ccc(Cl)s2)c1)n1cnc(C(N)=O)c1. The largest absolute Gasteiger partial charge is 0.493 e. The van der Waals surface area contributed by atoms with E-state index < -0.39 is 14.2 Å². The van der Waals surface area contributed by atoms with Crippen molar-refractivity contribution in [1.29, 1.82) is 0 Å². The van der Waals surface area contributed by atoms with Crippen LogP contribution in [0.5, 0.6) is 5.75 Å². The van der Waals surface area contributed by atoms with Gasteiger partial charge in [-0.1, -0.05) is 44.5 Å². The summed E-state index contributed by atoms with van der Waals surface area (Å²) < 4.78 is 15.5. The van der Waals surface area contributed by atoms with E-state index in [0.717, 1.165) is 20.5 Å². The van der Waals surface area contributed by atoms with Crippen molar-refractivity contribution in [3.05, 3.63) is 59.0 Å². The smallest absolute Gasteiger partial charge is 0.268 e. The molecule has 2 heterocycles. The monoisotopic (exact) mass is 519 g/mol. The lowest BCUT2D eigenvalue weighted by Crippen LogP contribution is -2.45. The van der Waals surface area contributed by atoms with E-state index in [0.29, 0.717) is 13.0 Å². The number of carbonyl (C=O) groups is 1. The molecule has 0 radical (unpaired) electrons. The van der Waals surface area contributed by atoms with Crippen molar-refractivity contribution in [2.75, 3.05) is 6.61 Å². The van der Waals surface area contributed by atoms with Crippen molar-refractivity contribution in [1.82, 2.24) is 9.55 Å². The summed E-state index contributed by atoms with van der Waals surface area (Å²) in [4.78, 5) is 16.9. The van der Waals surface area contributed by atoms with Gasteiger partial charge in [-0.3, -0.25) is 4.79 Å². The molecule has 0 aliphatic carbocycles. The minimum absolute atomic E-state index is 0.0611. The first-order valence-corrected chi connectivity index (χ1v) is 15.5. The number of ether oxygens (including phenoxy) is 1. The molecule has 6 nitrogen and oxygen atoms in total. The second-order valence-electron chi connectivity index (χ2n) is 9.99. The molecule has 0 fully saturated rings. The van der Waals surface area contributed by atoms with E-state index in [2.05, 4.69) is 45.8 Å². The fourth-order valence-corrected chi connectivity index (χ4v) is 5.98. The van der Waals surface area contributed by atoms with Gasteiger partial charge in [0, 0.05) is 17.5 Å². The summed E-state index contributed by atoms with van der Waals surface area (Å²) in [6.07, 6.45) is 3.93. The van der Waals surface area contributed by atoms with Crippen molar-refractivity contribution >= 4 is 37.2 Å².